The summed E-state index contributed by atoms with van der Waals surface area (Å²) in [6.45, 7) is 9.34. The molecule has 3 aliphatic rings. The van der Waals surface area contributed by atoms with E-state index in [9.17, 15) is 16.8 Å². The van der Waals surface area contributed by atoms with Crippen LogP contribution < -0.4 is 0 Å². The zero-order chi connectivity index (χ0) is 34.7. The largest absolute Gasteiger partial charge is 0.243 e. The molecule has 50 heavy (non-hydrogen) atoms. The molecule has 6 aromatic rings. The third-order valence-electron chi connectivity index (χ3n) is 10.6. The molecule has 10 heteroatoms. The molecule has 2 aliphatic heterocycles. The van der Waals surface area contributed by atoms with Crippen molar-refractivity contribution in [3.8, 4) is 0 Å². The molecule has 0 fully saturated rings. The van der Waals surface area contributed by atoms with Gasteiger partial charge in [-0.2, -0.15) is 8.61 Å². The number of rotatable bonds is 4. The maximum atomic E-state index is 14.0. The first-order valence-electron chi connectivity index (χ1n) is 16.5. The van der Waals surface area contributed by atoms with Gasteiger partial charge in [-0.1, -0.05) is 35.4 Å². The van der Waals surface area contributed by atoms with Crippen LogP contribution in [0.3, 0.4) is 0 Å². The summed E-state index contributed by atoms with van der Waals surface area (Å²) in [4.78, 5) is 0.620. The van der Waals surface area contributed by atoms with Crippen LogP contribution in [0.5, 0.6) is 0 Å². The molecule has 4 heterocycles. The summed E-state index contributed by atoms with van der Waals surface area (Å²) in [5, 5.41) is 10.8. The van der Waals surface area contributed by atoms with Gasteiger partial charge in [-0.05, 0) is 131 Å². The Morgan fingerprint density at radius 3 is 1.22 bits per heavy atom. The van der Waals surface area contributed by atoms with Gasteiger partial charge >= 0.3 is 0 Å². The average molecular weight is 735 g/mol. The summed E-state index contributed by atoms with van der Waals surface area (Å²) in [6, 6.07) is 23.0. The number of benzene rings is 4. The van der Waals surface area contributed by atoms with E-state index in [1.165, 1.54) is 0 Å². The van der Waals surface area contributed by atoms with E-state index >= 15 is 0 Å². The maximum Gasteiger partial charge on any atom is 0.243 e. The van der Waals surface area contributed by atoms with Crippen molar-refractivity contribution in [1.29, 1.82) is 0 Å². The predicted octanol–water partition coefficient (Wildman–Crippen LogP) is 7.91. The normalized spacial score (nSPS) is 18.3. The van der Waals surface area contributed by atoms with Crippen LogP contribution in [0.2, 0.25) is 0 Å². The van der Waals surface area contributed by atoms with Gasteiger partial charge in [0.2, 0.25) is 20.0 Å². The highest BCUT2D eigenvalue weighted by Crippen LogP contribution is 2.36. The summed E-state index contributed by atoms with van der Waals surface area (Å²) in [5.41, 5.74) is 8.44. The maximum absolute atomic E-state index is 14.0. The van der Waals surface area contributed by atoms with Crippen molar-refractivity contribution in [3.05, 3.63) is 168 Å². The van der Waals surface area contributed by atoms with Gasteiger partial charge < -0.3 is 0 Å². The van der Waals surface area contributed by atoms with Crippen molar-refractivity contribution >= 4 is 42.7 Å². The first-order valence-corrected chi connectivity index (χ1v) is 21.2. The summed E-state index contributed by atoms with van der Waals surface area (Å²) in [6.07, 6.45) is 0. The van der Waals surface area contributed by atoms with Gasteiger partial charge in [0, 0.05) is 56.1 Å². The molecule has 0 unspecified atom stereocenters. The first kappa shape index (κ1) is 32.0. The molecular weight excluding hydrogens is 701 g/mol. The van der Waals surface area contributed by atoms with Gasteiger partial charge in [-0.15, -0.1) is 22.7 Å². The number of hydrogen-bond acceptors (Lipinski definition) is 6. The van der Waals surface area contributed by atoms with E-state index < -0.39 is 20.0 Å². The molecule has 0 radical (unpaired) electrons. The first-order chi connectivity index (χ1) is 23.9. The Morgan fingerprint density at radius 2 is 0.840 bits per heavy atom. The second-order valence-corrected chi connectivity index (χ2v) is 19.4. The fourth-order valence-corrected chi connectivity index (χ4v) is 12.5. The van der Waals surface area contributed by atoms with Gasteiger partial charge in [0.15, 0.2) is 0 Å². The summed E-state index contributed by atoms with van der Waals surface area (Å²) in [5.74, 6) is 0. The van der Waals surface area contributed by atoms with E-state index in [4.69, 9.17) is 0 Å². The molecule has 0 saturated heterocycles. The second-order valence-electron chi connectivity index (χ2n) is 13.6. The van der Waals surface area contributed by atoms with E-state index in [-0.39, 0.29) is 0 Å². The standard InChI is InChI=1S/C40H34N2O4S4/c1-23-5-9-27(10-6-23)49(43,44)41-19-33-25(3)17-31-37(35(33)21-41)29-13-15-47-39(29)32-18-26(4)34-20-42(50(45,46)28-11-7-24(2)8-12-28)22-36(34)38(32)30-14-16-48-40(30)31/h5-18H,19-22H2,1-4H3/b37-29+,38-30+,39-32+,40-31+. The van der Waals surface area contributed by atoms with E-state index in [0.717, 1.165) is 84.9 Å². The lowest BCUT2D eigenvalue weighted by molar-refractivity contribution is 0.430. The Bertz CT molecular complexity index is 2850. The third-order valence-corrected chi connectivity index (χ3v) is 16.1. The van der Waals surface area contributed by atoms with Crippen molar-refractivity contribution in [1.82, 2.24) is 8.61 Å². The Kier molecular flexibility index (Phi) is 7.24. The lowest BCUT2D eigenvalue weighted by atomic mass is 9.95. The van der Waals surface area contributed by atoms with E-state index in [2.05, 4.69) is 48.9 Å². The summed E-state index contributed by atoms with van der Waals surface area (Å²) >= 11 is 3.37. The topological polar surface area (TPSA) is 74.8 Å². The molecule has 6 nitrogen and oxygen atoms in total. The van der Waals surface area contributed by atoms with E-state index in [1.54, 1.807) is 55.5 Å². The van der Waals surface area contributed by atoms with Crippen molar-refractivity contribution < 1.29 is 16.8 Å². The quantitative estimate of drug-likeness (QED) is 0.184. The Hall–Kier alpha value is -3.90. The zero-order valence-corrected chi connectivity index (χ0v) is 31.3. The fourth-order valence-electron chi connectivity index (χ4n) is 7.92. The number of fused-ring (bicyclic) bond motifs is 8. The molecule has 2 aromatic heterocycles. The van der Waals surface area contributed by atoms with Crippen molar-refractivity contribution in [2.45, 2.75) is 63.7 Å². The van der Waals surface area contributed by atoms with Crippen LogP contribution in [0.15, 0.2) is 93.3 Å². The number of nitrogens with zero attached hydrogens (tertiary/aromatic N) is 2. The highest BCUT2D eigenvalue weighted by molar-refractivity contribution is 7.89. The second kappa shape index (κ2) is 11.3. The molecule has 0 bridgehead atoms. The average Bonchev–Trinajstić information content (AvgIpc) is 3.90. The van der Waals surface area contributed by atoms with Gasteiger partial charge in [-0.25, -0.2) is 16.8 Å². The minimum atomic E-state index is -3.71. The van der Waals surface area contributed by atoms with E-state index in [0.29, 0.717) is 36.0 Å². The molecule has 0 saturated carbocycles. The zero-order valence-electron chi connectivity index (χ0n) is 28.1. The van der Waals surface area contributed by atoms with Crippen LogP contribution in [-0.4, -0.2) is 25.4 Å². The van der Waals surface area contributed by atoms with Crippen LogP contribution in [-0.2, 0) is 46.2 Å². The monoisotopic (exact) mass is 734 g/mol. The van der Waals surface area contributed by atoms with Crippen molar-refractivity contribution in [2.24, 2.45) is 0 Å². The van der Waals surface area contributed by atoms with Crippen LogP contribution in [0.25, 0.3) is 0 Å². The van der Waals surface area contributed by atoms with E-state index in [1.807, 2.05) is 38.1 Å². The van der Waals surface area contributed by atoms with Crippen LogP contribution >= 0.6 is 22.7 Å². The smallest absolute Gasteiger partial charge is 0.207 e. The van der Waals surface area contributed by atoms with Gasteiger partial charge in [-0.3, -0.25) is 0 Å². The van der Waals surface area contributed by atoms with Gasteiger partial charge in [0.25, 0.3) is 0 Å². The molecule has 9 rings (SSSR count). The summed E-state index contributed by atoms with van der Waals surface area (Å²) in [7, 11) is -7.42. The molecule has 1 aliphatic carbocycles. The number of aryl methyl sites for hydroxylation is 4. The predicted molar refractivity (Wildman–Crippen MR) is 197 cm³/mol. The fraction of sp³-hybridized carbons (Fsp3) is 0.200. The number of sulfonamides is 2. The molecule has 252 valence electrons. The van der Waals surface area contributed by atoms with Gasteiger partial charge in [0.1, 0.15) is 0 Å². The number of thiophene rings is 2. The Morgan fingerprint density at radius 1 is 0.480 bits per heavy atom. The molecule has 0 amide bonds. The van der Waals surface area contributed by atoms with Gasteiger partial charge in [0.05, 0.1) is 9.79 Å². The highest BCUT2D eigenvalue weighted by Gasteiger charge is 2.34. The lowest BCUT2D eigenvalue weighted by Gasteiger charge is -2.15. The van der Waals surface area contributed by atoms with Crippen LogP contribution in [0.4, 0.5) is 0 Å². The lowest BCUT2D eigenvalue weighted by Crippen LogP contribution is -2.25. The number of hydrogen-bond donors (Lipinski definition) is 0. The minimum absolute atomic E-state index is 0.299. The SMILES string of the molecule is Cc1ccc(S(=O)(=O)N2Cc3c(C)cc4/c(c3C2)=c2/ccs/c2=c2\cc(C)c3c(\c2=c2/ccs/c2=4)CN(S(=O)(=O)c2ccc(C)cc2)C3)cc1. The molecule has 0 atom stereocenters. The third kappa shape index (κ3) is 4.69. The molecular formula is C40H34N2O4S4. The Labute approximate surface area is 298 Å². The highest BCUT2D eigenvalue weighted by atomic mass is 32.2. The van der Waals surface area contributed by atoms with Crippen molar-refractivity contribution in [3.63, 3.8) is 0 Å². The Balaban J connectivity index is 1.34. The molecule has 0 N–H and O–H groups in total. The molecule has 4 aromatic carbocycles. The summed E-state index contributed by atoms with van der Waals surface area (Å²) < 4.78 is 61.3. The molecule has 0 spiro atoms. The van der Waals surface area contributed by atoms with Crippen LogP contribution in [0.1, 0.15) is 44.5 Å². The van der Waals surface area contributed by atoms with Crippen LogP contribution in [0, 0.1) is 68.1 Å². The minimum Gasteiger partial charge on any atom is -0.207 e. The van der Waals surface area contributed by atoms with Crippen molar-refractivity contribution in [2.75, 3.05) is 0 Å².